The average molecular weight is 265 g/mol. The van der Waals surface area contributed by atoms with Gasteiger partial charge in [-0.15, -0.1) is 0 Å². The zero-order valence-electron chi connectivity index (χ0n) is 10.8. The van der Waals surface area contributed by atoms with Crippen molar-refractivity contribution in [3.05, 3.63) is 18.1 Å². The van der Waals surface area contributed by atoms with E-state index >= 15 is 0 Å². The highest BCUT2D eigenvalue weighted by molar-refractivity contribution is 7.80. The lowest BCUT2D eigenvalue weighted by Gasteiger charge is -2.38. The minimum Gasteiger partial charge on any atom is -0.392 e. The standard InChI is InChI=1S/C12H19N5S/c1-9(12(13)18)16-5-7-17(8-6-16)11-3-4-14-10(2)15-11/h3-4,9H,5-8H2,1-2H3,(H2,13,18). The van der Waals surface area contributed by atoms with Crippen molar-refractivity contribution in [3.63, 3.8) is 0 Å². The number of hydrogen-bond donors (Lipinski definition) is 1. The van der Waals surface area contributed by atoms with Crippen LogP contribution in [0.3, 0.4) is 0 Å². The second-order valence-electron chi connectivity index (χ2n) is 4.56. The first-order chi connectivity index (χ1) is 8.58. The Bertz CT molecular complexity index is 428. The Balaban J connectivity index is 1.96. The topological polar surface area (TPSA) is 58.3 Å². The van der Waals surface area contributed by atoms with E-state index in [0.29, 0.717) is 4.99 Å². The maximum absolute atomic E-state index is 5.69. The number of piperazine rings is 1. The van der Waals surface area contributed by atoms with Crippen LogP contribution in [0.2, 0.25) is 0 Å². The fraction of sp³-hybridized carbons (Fsp3) is 0.583. The van der Waals surface area contributed by atoms with E-state index in [-0.39, 0.29) is 6.04 Å². The van der Waals surface area contributed by atoms with E-state index in [1.165, 1.54) is 0 Å². The van der Waals surface area contributed by atoms with Crippen molar-refractivity contribution in [3.8, 4) is 0 Å². The fourth-order valence-corrected chi connectivity index (χ4v) is 2.29. The summed E-state index contributed by atoms with van der Waals surface area (Å²) in [6, 6.07) is 2.13. The number of aryl methyl sites for hydroxylation is 1. The molecule has 0 bridgehead atoms. The predicted octanol–water partition coefficient (Wildman–Crippen LogP) is 0.582. The lowest BCUT2D eigenvalue weighted by molar-refractivity contribution is 0.238. The normalized spacial score (nSPS) is 18.7. The summed E-state index contributed by atoms with van der Waals surface area (Å²) in [5, 5.41) is 0. The van der Waals surface area contributed by atoms with Crippen molar-refractivity contribution in [1.29, 1.82) is 0 Å². The summed E-state index contributed by atoms with van der Waals surface area (Å²) >= 11 is 5.04. The van der Waals surface area contributed by atoms with Gasteiger partial charge in [0.15, 0.2) is 0 Å². The molecule has 0 amide bonds. The fourth-order valence-electron chi connectivity index (χ4n) is 2.14. The van der Waals surface area contributed by atoms with Crippen LogP contribution in [0.15, 0.2) is 12.3 Å². The van der Waals surface area contributed by atoms with Crippen molar-refractivity contribution in [2.45, 2.75) is 19.9 Å². The predicted molar refractivity (Wildman–Crippen MR) is 76.8 cm³/mol. The van der Waals surface area contributed by atoms with Crippen LogP contribution in [-0.2, 0) is 0 Å². The molecule has 2 rings (SSSR count). The van der Waals surface area contributed by atoms with Crippen molar-refractivity contribution >= 4 is 23.0 Å². The van der Waals surface area contributed by atoms with Crippen molar-refractivity contribution < 1.29 is 0 Å². The average Bonchev–Trinajstić information content (AvgIpc) is 2.38. The molecule has 1 saturated heterocycles. The van der Waals surface area contributed by atoms with Crippen LogP contribution in [0.25, 0.3) is 0 Å². The number of nitrogens with two attached hydrogens (primary N) is 1. The Labute approximate surface area is 113 Å². The van der Waals surface area contributed by atoms with E-state index in [4.69, 9.17) is 18.0 Å². The SMILES string of the molecule is Cc1nccc(N2CCN(C(C)C(N)=S)CC2)n1. The first-order valence-electron chi connectivity index (χ1n) is 6.16. The molecular formula is C12H19N5S. The Morgan fingerprint density at radius 3 is 2.61 bits per heavy atom. The van der Waals surface area contributed by atoms with Crippen LogP contribution in [0.5, 0.6) is 0 Å². The molecular weight excluding hydrogens is 246 g/mol. The number of nitrogens with zero attached hydrogens (tertiary/aromatic N) is 4. The third-order valence-electron chi connectivity index (χ3n) is 3.36. The zero-order chi connectivity index (χ0) is 13.1. The second-order valence-corrected chi connectivity index (χ2v) is 5.03. The monoisotopic (exact) mass is 265 g/mol. The number of rotatable bonds is 3. The maximum atomic E-state index is 5.69. The molecule has 0 radical (unpaired) electrons. The smallest absolute Gasteiger partial charge is 0.132 e. The molecule has 0 aliphatic carbocycles. The van der Waals surface area contributed by atoms with Crippen molar-refractivity contribution in [1.82, 2.24) is 14.9 Å². The minimum absolute atomic E-state index is 0.175. The van der Waals surface area contributed by atoms with Gasteiger partial charge in [0.05, 0.1) is 11.0 Å². The van der Waals surface area contributed by atoms with Crippen molar-refractivity contribution in [2.24, 2.45) is 5.73 Å². The molecule has 1 aliphatic heterocycles. The molecule has 0 saturated carbocycles. The Morgan fingerprint density at radius 1 is 1.39 bits per heavy atom. The Morgan fingerprint density at radius 2 is 2.06 bits per heavy atom. The van der Waals surface area contributed by atoms with Crippen LogP contribution < -0.4 is 10.6 Å². The maximum Gasteiger partial charge on any atom is 0.132 e. The van der Waals surface area contributed by atoms with Crippen LogP contribution in [0.4, 0.5) is 5.82 Å². The van der Waals surface area contributed by atoms with E-state index < -0.39 is 0 Å². The van der Waals surface area contributed by atoms with Gasteiger partial charge in [0.25, 0.3) is 0 Å². The molecule has 1 unspecified atom stereocenters. The molecule has 98 valence electrons. The van der Waals surface area contributed by atoms with Gasteiger partial charge in [0, 0.05) is 32.4 Å². The summed E-state index contributed by atoms with van der Waals surface area (Å²) in [4.78, 5) is 13.7. The molecule has 1 aromatic rings. The zero-order valence-corrected chi connectivity index (χ0v) is 11.7. The molecule has 1 aliphatic rings. The van der Waals surface area contributed by atoms with Gasteiger partial charge < -0.3 is 10.6 Å². The highest BCUT2D eigenvalue weighted by Gasteiger charge is 2.23. The van der Waals surface area contributed by atoms with Crippen molar-refractivity contribution in [2.75, 3.05) is 31.1 Å². The van der Waals surface area contributed by atoms with E-state index in [1.807, 2.05) is 19.2 Å². The van der Waals surface area contributed by atoms with Gasteiger partial charge in [-0.1, -0.05) is 12.2 Å². The quantitative estimate of drug-likeness (QED) is 0.807. The molecule has 0 spiro atoms. The van der Waals surface area contributed by atoms with Gasteiger partial charge in [-0.05, 0) is 19.9 Å². The van der Waals surface area contributed by atoms with Crippen LogP contribution in [0.1, 0.15) is 12.7 Å². The number of thiocarbonyl (C=S) groups is 1. The molecule has 0 aromatic carbocycles. The third-order valence-corrected chi connectivity index (χ3v) is 3.70. The Kier molecular flexibility index (Phi) is 4.08. The Hall–Kier alpha value is -1.27. The molecule has 1 aromatic heterocycles. The molecule has 5 nitrogen and oxygen atoms in total. The second kappa shape index (κ2) is 5.58. The number of aromatic nitrogens is 2. The van der Waals surface area contributed by atoms with Crippen LogP contribution in [0, 0.1) is 6.92 Å². The van der Waals surface area contributed by atoms with Gasteiger partial charge >= 0.3 is 0 Å². The van der Waals surface area contributed by atoms with Gasteiger partial charge in [-0.3, -0.25) is 4.90 Å². The highest BCUT2D eigenvalue weighted by Crippen LogP contribution is 2.14. The summed E-state index contributed by atoms with van der Waals surface area (Å²) in [7, 11) is 0. The van der Waals surface area contributed by atoms with E-state index in [2.05, 4.69) is 26.7 Å². The molecule has 1 fully saturated rings. The van der Waals surface area contributed by atoms with E-state index in [1.54, 1.807) is 0 Å². The van der Waals surface area contributed by atoms with Gasteiger partial charge in [0.1, 0.15) is 11.6 Å². The summed E-state index contributed by atoms with van der Waals surface area (Å²) in [5.74, 6) is 1.82. The summed E-state index contributed by atoms with van der Waals surface area (Å²) in [6.45, 7) is 7.79. The highest BCUT2D eigenvalue weighted by atomic mass is 32.1. The molecule has 6 heteroatoms. The largest absolute Gasteiger partial charge is 0.392 e. The third kappa shape index (κ3) is 2.94. The van der Waals surface area contributed by atoms with Crippen LogP contribution in [-0.4, -0.2) is 52.1 Å². The first kappa shape index (κ1) is 13.2. The number of anilines is 1. The van der Waals surface area contributed by atoms with E-state index in [0.717, 1.165) is 37.8 Å². The summed E-state index contributed by atoms with van der Waals surface area (Å²) < 4.78 is 0. The molecule has 2 N–H and O–H groups in total. The van der Waals surface area contributed by atoms with Crippen LogP contribution >= 0.6 is 12.2 Å². The first-order valence-corrected chi connectivity index (χ1v) is 6.56. The van der Waals surface area contributed by atoms with E-state index in [9.17, 15) is 0 Å². The van der Waals surface area contributed by atoms with Gasteiger partial charge in [-0.2, -0.15) is 0 Å². The van der Waals surface area contributed by atoms with Gasteiger partial charge in [0.2, 0.25) is 0 Å². The lowest BCUT2D eigenvalue weighted by atomic mass is 10.2. The van der Waals surface area contributed by atoms with Gasteiger partial charge in [-0.25, -0.2) is 9.97 Å². The molecule has 2 heterocycles. The lowest BCUT2D eigenvalue weighted by Crippen LogP contribution is -2.52. The molecule has 18 heavy (non-hydrogen) atoms. The summed E-state index contributed by atoms with van der Waals surface area (Å²) in [6.07, 6.45) is 1.81. The minimum atomic E-state index is 0.175. The summed E-state index contributed by atoms with van der Waals surface area (Å²) in [5.41, 5.74) is 5.69. The number of hydrogen-bond acceptors (Lipinski definition) is 5. The molecule has 1 atom stereocenters.